The summed E-state index contributed by atoms with van der Waals surface area (Å²) in [6.45, 7) is 5.32. The first-order chi connectivity index (χ1) is 9.51. The van der Waals surface area contributed by atoms with E-state index < -0.39 is 11.9 Å². The monoisotopic (exact) mass is 282 g/mol. The van der Waals surface area contributed by atoms with E-state index in [4.69, 9.17) is 9.47 Å². The van der Waals surface area contributed by atoms with Crippen LogP contribution >= 0.6 is 0 Å². The molecule has 0 saturated heterocycles. The molecule has 0 radical (unpaired) electrons. The Labute approximate surface area is 120 Å². The third-order valence-electron chi connectivity index (χ3n) is 3.56. The maximum Gasteiger partial charge on any atom is 0.160 e. The van der Waals surface area contributed by atoms with E-state index in [1.165, 1.54) is 20.1 Å². The van der Waals surface area contributed by atoms with Crippen LogP contribution < -0.4 is 0 Å². The molecule has 20 heavy (non-hydrogen) atoms. The van der Waals surface area contributed by atoms with Crippen molar-refractivity contribution in [2.24, 2.45) is 0 Å². The molecular formula is C16H23FO3. The lowest BCUT2D eigenvalue weighted by Gasteiger charge is -2.23. The summed E-state index contributed by atoms with van der Waals surface area (Å²) in [5.41, 5.74) is 1.47. The highest BCUT2D eigenvalue weighted by atomic mass is 19.1. The first-order valence-corrected chi connectivity index (χ1v) is 6.90. The van der Waals surface area contributed by atoms with Crippen LogP contribution in [0, 0.1) is 5.82 Å². The number of ether oxygens (including phenoxy) is 2. The van der Waals surface area contributed by atoms with E-state index in [0.717, 1.165) is 5.56 Å². The fourth-order valence-electron chi connectivity index (χ4n) is 2.59. The van der Waals surface area contributed by atoms with Gasteiger partial charge in [0.15, 0.2) is 5.78 Å². The van der Waals surface area contributed by atoms with Gasteiger partial charge in [0.05, 0.1) is 12.2 Å². The SMILES string of the molecule is CCC(OC)c1ccc(F)c(C(CC)OC)c1C(C)=O. The number of rotatable bonds is 7. The number of benzene rings is 1. The van der Waals surface area contributed by atoms with Gasteiger partial charge in [-0.1, -0.05) is 19.9 Å². The molecule has 112 valence electrons. The van der Waals surface area contributed by atoms with Gasteiger partial charge in [-0.25, -0.2) is 4.39 Å². The molecule has 0 N–H and O–H groups in total. The number of methoxy groups -OCH3 is 2. The Kier molecular flexibility index (Phi) is 6.30. The van der Waals surface area contributed by atoms with Crippen molar-refractivity contribution in [1.82, 2.24) is 0 Å². The van der Waals surface area contributed by atoms with Crippen LogP contribution in [0.4, 0.5) is 4.39 Å². The largest absolute Gasteiger partial charge is 0.377 e. The smallest absolute Gasteiger partial charge is 0.160 e. The van der Waals surface area contributed by atoms with Gasteiger partial charge in [-0.3, -0.25) is 4.79 Å². The van der Waals surface area contributed by atoms with Crippen LogP contribution in [0.1, 0.15) is 67.3 Å². The van der Waals surface area contributed by atoms with Gasteiger partial charge in [-0.15, -0.1) is 0 Å². The Morgan fingerprint density at radius 1 is 1.15 bits per heavy atom. The number of carbonyl (C=O) groups excluding carboxylic acids is 1. The van der Waals surface area contributed by atoms with Crippen molar-refractivity contribution < 1.29 is 18.7 Å². The number of carbonyl (C=O) groups is 1. The second-order valence-corrected chi connectivity index (χ2v) is 4.75. The predicted molar refractivity (Wildman–Crippen MR) is 76.5 cm³/mol. The molecule has 0 aliphatic heterocycles. The fraction of sp³-hybridized carbons (Fsp3) is 0.562. The van der Waals surface area contributed by atoms with E-state index in [2.05, 4.69) is 0 Å². The number of hydrogen-bond acceptors (Lipinski definition) is 3. The summed E-state index contributed by atoms with van der Waals surface area (Å²) in [6, 6.07) is 3.02. The topological polar surface area (TPSA) is 35.5 Å². The van der Waals surface area contributed by atoms with E-state index in [0.29, 0.717) is 24.0 Å². The van der Waals surface area contributed by atoms with E-state index >= 15 is 0 Å². The fourth-order valence-corrected chi connectivity index (χ4v) is 2.59. The van der Waals surface area contributed by atoms with Gasteiger partial charge in [0.1, 0.15) is 5.82 Å². The molecule has 0 spiro atoms. The van der Waals surface area contributed by atoms with Crippen molar-refractivity contribution in [2.45, 2.75) is 45.8 Å². The molecular weight excluding hydrogens is 259 g/mol. The van der Waals surface area contributed by atoms with Gasteiger partial charge in [0.2, 0.25) is 0 Å². The zero-order valence-electron chi connectivity index (χ0n) is 12.8. The van der Waals surface area contributed by atoms with Crippen molar-refractivity contribution in [3.05, 3.63) is 34.6 Å². The van der Waals surface area contributed by atoms with Crippen LogP contribution in [0.25, 0.3) is 0 Å². The van der Waals surface area contributed by atoms with Gasteiger partial charge in [-0.2, -0.15) is 0 Å². The molecule has 4 heteroatoms. The minimum Gasteiger partial charge on any atom is -0.377 e. The normalized spacial score (nSPS) is 14.1. The third-order valence-corrected chi connectivity index (χ3v) is 3.56. The summed E-state index contributed by atoms with van der Waals surface area (Å²) in [4.78, 5) is 12.0. The summed E-state index contributed by atoms with van der Waals surface area (Å²) < 4.78 is 24.9. The van der Waals surface area contributed by atoms with Crippen LogP contribution in [-0.2, 0) is 9.47 Å². The zero-order chi connectivity index (χ0) is 15.3. The quantitative estimate of drug-likeness (QED) is 0.702. The van der Waals surface area contributed by atoms with Gasteiger partial charge in [0, 0.05) is 25.3 Å². The molecule has 1 aromatic rings. The summed E-state index contributed by atoms with van der Waals surface area (Å²) >= 11 is 0. The molecule has 0 aromatic heterocycles. The van der Waals surface area contributed by atoms with E-state index in [1.54, 1.807) is 13.2 Å². The van der Waals surface area contributed by atoms with E-state index in [9.17, 15) is 9.18 Å². The second kappa shape index (κ2) is 7.50. The minimum absolute atomic E-state index is 0.166. The van der Waals surface area contributed by atoms with Crippen molar-refractivity contribution in [2.75, 3.05) is 14.2 Å². The van der Waals surface area contributed by atoms with Crippen molar-refractivity contribution >= 4 is 5.78 Å². The van der Waals surface area contributed by atoms with Crippen LogP contribution in [0.2, 0.25) is 0 Å². The molecule has 0 bridgehead atoms. The minimum atomic E-state index is -0.428. The van der Waals surface area contributed by atoms with E-state index in [1.807, 2.05) is 13.8 Å². The molecule has 0 saturated carbocycles. The lowest BCUT2D eigenvalue weighted by molar-refractivity contribution is 0.0857. The van der Waals surface area contributed by atoms with Gasteiger partial charge in [0.25, 0.3) is 0 Å². The Balaban J connectivity index is 3.56. The second-order valence-electron chi connectivity index (χ2n) is 4.75. The molecule has 2 unspecified atom stereocenters. The van der Waals surface area contributed by atoms with Crippen LogP contribution in [0.5, 0.6) is 0 Å². The van der Waals surface area contributed by atoms with Crippen LogP contribution in [-0.4, -0.2) is 20.0 Å². The van der Waals surface area contributed by atoms with Crippen molar-refractivity contribution in [1.29, 1.82) is 0 Å². The highest BCUT2D eigenvalue weighted by Gasteiger charge is 2.26. The lowest BCUT2D eigenvalue weighted by Crippen LogP contribution is -2.15. The Morgan fingerprint density at radius 3 is 2.10 bits per heavy atom. The molecule has 2 atom stereocenters. The van der Waals surface area contributed by atoms with Gasteiger partial charge in [-0.05, 0) is 31.4 Å². The Hall–Kier alpha value is -1.26. The Morgan fingerprint density at radius 2 is 1.70 bits per heavy atom. The molecule has 0 heterocycles. The van der Waals surface area contributed by atoms with Gasteiger partial charge < -0.3 is 9.47 Å². The number of halogens is 1. The van der Waals surface area contributed by atoms with Crippen LogP contribution in [0.3, 0.4) is 0 Å². The summed E-state index contributed by atoms with van der Waals surface area (Å²) in [5.74, 6) is -0.570. The maximum absolute atomic E-state index is 14.2. The maximum atomic E-state index is 14.2. The molecule has 0 aliphatic carbocycles. The van der Waals surface area contributed by atoms with Gasteiger partial charge >= 0.3 is 0 Å². The average molecular weight is 282 g/mol. The summed E-state index contributed by atoms with van der Waals surface area (Å²) in [7, 11) is 3.12. The third kappa shape index (κ3) is 3.25. The molecule has 0 aliphatic rings. The zero-order valence-corrected chi connectivity index (χ0v) is 12.8. The number of hydrogen-bond donors (Lipinski definition) is 0. The first kappa shape index (κ1) is 16.8. The molecule has 1 aromatic carbocycles. The van der Waals surface area contributed by atoms with E-state index in [-0.39, 0.29) is 11.9 Å². The molecule has 0 amide bonds. The number of ketones is 1. The predicted octanol–water partition coefficient (Wildman–Crippen LogP) is 4.22. The summed E-state index contributed by atoms with van der Waals surface area (Å²) in [6.07, 6.45) is 0.665. The Bertz CT molecular complexity index is 463. The van der Waals surface area contributed by atoms with Crippen molar-refractivity contribution in [3.63, 3.8) is 0 Å². The lowest BCUT2D eigenvalue weighted by atomic mass is 9.89. The standard InChI is InChI=1S/C16H23FO3/c1-6-13(19-4)11-8-9-12(17)16(14(7-2)20-5)15(11)10(3)18/h8-9,13-14H,6-7H2,1-5H3. The summed E-state index contributed by atoms with van der Waals surface area (Å²) in [5, 5.41) is 0. The van der Waals surface area contributed by atoms with Crippen molar-refractivity contribution in [3.8, 4) is 0 Å². The first-order valence-electron chi connectivity index (χ1n) is 6.90. The average Bonchev–Trinajstić information content (AvgIpc) is 2.43. The molecule has 3 nitrogen and oxygen atoms in total. The molecule has 0 fully saturated rings. The van der Waals surface area contributed by atoms with Crippen LogP contribution in [0.15, 0.2) is 12.1 Å². The molecule has 1 rings (SSSR count). The highest BCUT2D eigenvalue weighted by molar-refractivity contribution is 5.97. The highest BCUT2D eigenvalue weighted by Crippen LogP contribution is 2.34. The number of Topliss-reactive ketones (excluding diaryl/α,β-unsaturated/α-hetero) is 1.